The Morgan fingerprint density at radius 1 is 1.56 bits per heavy atom. The van der Waals surface area contributed by atoms with Crippen LogP contribution in [0.25, 0.3) is 0 Å². The zero-order chi connectivity index (χ0) is 11.5. The maximum absolute atomic E-state index is 11.3. The Morgan fingerprint density at radius 3 is 3.00 bits per heavy atom. The molecule has 0 spiro atoms. The Morgan fingerprint density at radius 2 is 2.38 bits per heavy atom. The second-order valence-corrected chi connectivity index (χ2v) is 4.47. The van der Waals surface area contributed by atoms with Crippen LogP contribution in [0.4, 0.5) is 0 Å². The highest BCUT2D eigenvalue weighted by Gasteiger charge is 2.23. The Kier molecular flexibility index (Phi) is 3.14. The van der Waals surface area contributed by atoms with E-state index in [1.807, 2.05) is 6.07 Å². The third-order valence-electron chi connectivity index (χ3n) is 2.28. The molecule has 2 rings (SSSR count). The number of hydrogen-bond acceptors (Lipinski definition) is 4. The van der Waals surface area contributed by atoms with Crippen LogP contribution >= 0.6 is 11.8 Å². The van der Waals surface area contributed by atoms with Crippen LogP contribution in [0, 0.1) is 0 Å². The van der Waals surface area contributed by atoms with Crippen molar-refractivity contribution in [3.8, 4) is 0 Å². The van der Waals surface area contributed by atoms with Gasteiger partial charge in [-0.3, -0.25) is 4.79 Å². The smallest absolute Gasteiger partial charge is 0.337 e. The highest BCUT2D eigenvalue weighted by molar-refractivity contribution is 8.00. The average Bonchev–Trinajstić information content (AvgIpc) is 2.75. The van der Waals surface area contributed by atoms with Crippen LogP contribution in [0.1, 0.15) is 21.3 Å². The minimum absolute atomic E-state index is 0.0264. The van der Waals surface area contributed by atoms with E-state index in [0.29, 0.717) is 11.3 Å². The highest BCUT2D eigenvalue weighted by Crippen LogP contribution is 2.30. The summed E-state index contributed by atoms with van der Waals surface area (Å²) < 4.78 is 4.64. The van der Waals surface area contributed by atoms with Crippen LogP contribution in [-0.2, 0) is 9.53 Å². The molecule has 1 aliphatic rings. The molecule has 0 aromatic heterocycles. The minimum atomic E-state index is -0.365. The zero-order valence-corrected chi connectivity index (χ0v) is 9.54. The Balaban J connectivity index is 2.22. The van der Waals surface area contributed by atoms with Crippen molar-refractivity contribution in [3.63, 3.8) is 0 Å². The molecule has 1 saturated heterocycles. The molecular formula is C11H11NO3S. The molecule has 1 N–H and O–H groups in total. The fourth-order valence-corrected chi connectivity index (χ4v) is 2.47. The summed E-state index contributed by atoms with van der Waals surface area (Å²) in [5.74, 6) is 0.127. The summed E-state index contributed by atoms with van der Waals surface area (Å²) >= 11 is 1.52. The van der Waals surface area contributed by atoms with Crippen molar-refractivity contribution in [1.82, 2.24) is 5.32 Å². The molecule has 5 heteroatoms. The van der Waals surface area contributed by atoms with Crippen molar-refractivity contribution < 1.29 is 14.3 Å². The third-order valence-corrected chi connectivity index (χ3v) is 3.44. The first kappa shape index (κ1) is 11.0. The molecule has 1 fully saturated rings. The van der Waals surface area contributed by atoms with Crippen LogP contribution in [0.15, 0.2) is 24.3 Å². The minimum Gasteiger partial charge on any atom is -0.465 e. The van der Waals surface area contributed by atoms with E-state index >= 15 is 0 Å². The average molecular weight is 237 g/mol. The van der Waals surface area contributed by atoms with E-state index in [0.717, 1.165) is 5.56 Å². The molecule has 1 amide bonds. The van der Waals surface area contributed by atoms with Gasteiger partial charge in [0.05, 0.1) is 18.4 Å². The number of benzene rings is 1. The van der Waals surface area contributed by atoms with Crippen LogP contribution < -0.4 is 5.32 Å². The standard InChI is InChI=1S/C11H11NO3S/c1-15-11(14)8-4-2-3-7(5-8)10-12-9(13)6-16-10/h2-5,10H,6H2,1H3,(H,12,13). The van der Waals surface area contributed by atoms with E-state index in [4.69, 9.17) is 0 Å². The summed E-state index contributed by atoms with van der Waals surface area (Å²) in [5, 5.41) is 2.77. The SMILES string of the molecule is COC(=O)c1cccc(C2NC(=O)CS2)c1. The van der Waals surface area contributed by atoms with E-state index in [-0.39, 0.29) is 17.3 Å². The number of hydrogen-bond donors (Lipinski definition) is 1. The summed E-state index contributed by atoms with van der Waals surface area (Å²) in [5.41, 5.74) is 1.42. The summed E-state index contributed by atoms with van der Waals surface area (Å²) in [7, 11) is 1.35. The molecule has 0 radical (unpaired) electrons. The van der Waals surface area contributed by atoms with E-state index < -0.39 is 0 Å². The van der Waals surface area contributed by atoms with Crippen molar-refractivity contribution in [2.24, 2.45) is 0 Å². The zero-order valence-electron chi connectivity index (χ0n) is 8.73. The van der Waals surface area contributed by atoms with Gasteiger partial charge in [-0.1, -0.05) is 12.1 Å². The van der Waals surface area contributed by atoms with Gasteiger partial charge in [-0.2, -0.15) is 0 Å². The second-order valence-electron chi connectivity index (χ2n) is 3.38. The van der Waals surface area contributed by atoms with Gasteiger partial charge in [0.1, 0.15) is 5.37 Å². The molecule has 1 aliphatic heterocycles. The third kappa shape index (κ3) is 2.19. The van der Waals surface area contributed by atoms with Gasteiger partial charge in [0.25, 0.3) is 0 Å². The monoisotopic (exact) mass is 237 g/mol. The molecule has 0 aliphatic carbocycles. The fourth-order valence-electron chi connectivity index (χ4n) is 1.51. The van der Waals surface area contributed by atoms with Gasteiger partial charge in [0.2, 0.25) is 5.91 Å². The van der Waals surface area contributed by atoms with E-state index in [2.05, 4.69) is 10.1 Å². The van der Waals surface area contributed by atoms with Gasteiger partial charge in [0, 0.05) is 0 Å². The maximum atomic E-state index is 11.3. The quantitative estimate of drug-likeness (QED) is 0.788. The lowest BCUT2D eigenvalue weighted by Crippen LogP contribution is -2.19. The van der Waals surface area contributed by atoms with Crippen LogP contribution in [-0.4, -0.2) is 24.7 Å². The molecule has 16 heavy (non-hydrogen) atoms. The lowest BCUT2D eigenvalue weighted by Gasteiger charge is -2.10. The predicted octanol–water partition coefficient (Wildman–Crippen LogP) is 1.33. The van der Waals surface area contributed by atoms with Gasteiger partial charge in [-0.05, 0) is 17.7 Å². The Labute approximate surface area is 97.4 Å². The lowest BCUT2D eigenvalue weighted by atomic mass is 10.1. The largest absolute Gasteiger partial charge is 0.465 e. The highest BCUT2D eigenvalue weighted by atomic mass is 32.2. The molecule has 1 atom stereocenters. The van der Waals surface area contributed by atoms with Crippen molar-refractivity contribution >= 4 is 23.6 Å². The maximum Gasteiger partial charge on any atom is 0.337 e. The number of thioether (sulfide) groups is 1. The first-order chi connectivity index (χ1) is 7.70. The topological polar surface area (TPSA) is 55.4 Å². The number of carbonyl (C=O) groups excluding carboxylic acids is 2. The predicted molar refractivity (Wildman–Crippen MR) is 61.1 cm³/mol. The van der Waals surface area contributed by atoms with Gasteiger partial charge >= 0.3 is 5.97 Å². The summed E-state index contributed by atoms with van der Waals surface area (Å²) in [4.78, 5) is 22.4. The van der Waals surface area contributed by atoms with Crippen LogP contribution in [0.5, 0.6) is 0 Å². The van der Waals surface area contributed by atoms with Crippen LogP contribution in [0.2, 0.25) is 0 Å². The molecule has 4 nitrogen and oxygen atoms in total. The molecule has 1 heterocycles. The molecule has 0 bridgehead atoms. The van der Waals surface area contributed by atoms with Crippen molar-refractivity contribution in [2.75, 3.05) is 12.9 Å². The summed E-state index contributed by atoms with van der Waals surface area (Å²) in [6, 6.07) is 7.11. The van der Waals surface area contributed by atoms with E-state index in [1.165, 1.54) is 18.9 Å². The number of ether oxygens (including phenoxy) is 1. The first-order valence-electron chi connectivity index (χ1n) is 4.80. The second kappa shape index (κ2) is 4.57. The molecule has 0 saturated carbocycles. The molecule has 1 unspecified atom stereocenters. The number of carbonyl (C=O) groups is 2. The number of methoxy groups -OCH3 is 1. The number of nitrogens with one attached hydrogen (secondary N) is 1. The van der Waals surface area contributed by atoms with Gasteiger partial charge in [-0.15, -0.1) is 11.8 Å². The van der Waals surface area contributed by atoms with Crippen molar-refractivity contribution in [1.29, 1.82) is 0 Å². The van der Waals surface area contributed by atoms with Crippen LogP contribution in [0.3, 0.4) is 0 Å². The molecule has 84 valence electrons. The molecular weight excluding hydrogens is 226 g/mol. The van der Waals surface area contributed by atoms with Crippen molar-refractivity contribution in [2.45, 2.75) is 5.37 Å². The first-order valence-corrected chi connectivity index (χ1v) is 5.85. The molecule has 1 aromatic carbocycles. The summed E-state index contributed by atoms with van der Waals surface area (Å²) in [6.07, 6.45) is 0. The number of rotatable bonds is 2. The van der Waals surface area contributed by atoms with Gasteiger partial charge in [-0.25, -0.2) is 4.79 Å². The Bertz CT molecular complexity index is 433. The van der Waals surface area contributed by atoms with E-state index in [9.17, 15) is 9.59 Å². The normalized spacial score (nSPS) is 19.3. The summed E-state index contributed by atoms with van der Waals surface area (Å²) in [6.45, 7) is 0. The molecule has 1 aromatic rings. The Hall–Kier alpha value is -1.49. The fraction of sp³-hybridized carbons (Fsp3) is 0.273. The number of amides is 1. The van der Waals surface area contributed by atoms with E-state index in [1.54, 1.807) is 18.2 Å². The lowest BCUT2D eigenvalue weighted by molar-refractivity contribution is -0.118. The van der Waals surface area contributed by atoms with Gasteiger partial charge < -0.3 is 10.1 Å². The number of esters is 1. The van der Waals surface area contributed by atoms with Crippen molar-refractivity contribution in [3.05, 3.63) is 35.4 Å². The van der Waals surface area contributed by atoms with Gasteiger partial charge in [0.15, 0.2) is 0 Å².